The minimum absolute atomic E-state index is 0.0967. The van der Waals surface area contributed by atoms with Crippen molar-refractivity contribution in [2.75, 3.05) is 5.43 Å². The first-order valence-corrected chi connectivity index (χ1v) is 7.54. The van der Waals surface area contributed by atoms with Gasteiger partial charge in [0.25, 0.3) is 11.5 Å². The van der Waals surface area contributed by atoms with Gasteiger partial charge < -0.3 is 0 Å². The summed E-state index contributed by atoms with van der Waals surface area (Å²) in [6, 6.07) is 6.50. The maximum atomic E-state index is 12.9. The first-order valence-electron chi connectivity index (χ1n) is 7.54. The zero-order valence-electron chi connectivity index (χ0n) is 13.6. The molecular formula is C17H9F6N3O2. The summed E-state index contributed by atoms with van der Waals surface area (Å²) in [5.41, 5.74) is -2.70. The standard InChI is InChI=1S/C17H9F6N3O2/c18-16(19,20)10-5-9(6-11(7-10)17(21,22)23)14(27)25-26-8-24-13-4-2-1-3-12(13)15(26)28/h1-8H,(H,25,27). The Bertz CT molecular complexity index is 1090. The minimum Gasteiger partial charge on any atom is -0.267 e. The number of rotatable bonds is 2. The highest BCUT2D eigenvalue weighted by Crippen LogP contribution is 2.36. The van der Waals surface area contributed by atoms with E-state index in [9.17, 15) is 35.9 Å². The molecule has 0 bridgehead atoms. The number of hydrogen-bond donors (Lipinski definition) is 1. The smallest absolute Gasteiger partial charge is 0.267 e. The molecule has 0 radical (unpaired) electrons. The lowest BCUT2D eigenvalue weighted by molar-refractivity contribution is -0.143. The number of hydrogen-bond acceptors (Lipinski definition) is 3. The predicted molar refractivity (Wildman–Crippen MR) is 86.1 cm³/mol. The maximum absolute atomic E-state index is 12.9. The lowest BCUT2D eigenvalue weighted by Gasteiger charge is -2.14. The molecule has 0 saturated carbocycles. The molecule has 1 amide bonds. The van der Waals surface area contributed by atoms with Crippen molar-refractivity contribution in [1.82, 2.24) is 9.66 Å². The van der Waals surface area contributed by atoms with Crippen LogP contribution in [0.1, 0.15) is 21.5 Å². The van der Waals surface area contributed by atoms with Gasteiger partial charge in [-0.3, -0.25) is 15.0 Å². The monoisotopic (exact) mass is 401 g/mol. The van der Waals surface area contributed by atoms with E-state index < -0.39 is 40.5 Å². The van der Waals surface area contributed by atoms with Crippen LogP contribution < -0.4 is 11.0 Å². The van der Waals surface area contributed by atoms with Gasteiger partial charge >= 0.3 is 12.4 Å². The summed E-state index contributed by atoms with van der Waals surface area (Å²) in [5.74, 6) is -1.34. The van der Waals surface area contributed by atoms with E-state index >= 15 is 0 Å². The van der Waals surface area contributed by atoms with Crippen molar-refractivity contribution < 1.29 is 31.1 Å². The second-order valence-corrected chi connectivity index (χ2v) is 5.67. The molecule has 0 spiro atoms. The number of carbonyl (C=O) groups excluding carboxylic acids is 1. The van der Waals surface area contributed by atoms with Gasteiger partial charge in [0.05, 0.1) is 22.0 Å². The van der Waals surface area contributed by atoms with Crippen molar-refractivity contribution in [3.05, 3.63) is 75.8 Å². The molecule has 146 valence electrons. The number of para-hydroxylation sites is 1. The number of halogens is 6. The van der Waals surface area contributed by atoms with E-state index in [4.69, 9.17) is 0 Å². The summed E-state index contributed by atoms with van der Waals surface area (Å²) in [4.78, 5) is 28.4. The summed E-state index contributed by atoms with van der Waals surface area (Å²) in [6.45, 7) is 0. The van der Waals surface area contributed by atoms with Crippen LogP contribution in [0.5, 0.6) is 0 Å². The SMILES string of the molecule is O=C(Nn1cnc2ccccc2c1=O)c1cc(C(F)(F)F)cc(C(F)(F)F)c1. The van der Waals surface area contributed by atoms with E-state index in [2.05, 4.69) is 4.98 Å². The van der Waals surface area contributed by atoms with Crippen LogP contribution in [0.15, 0.2) is 53.6 Å². The zero-order chi connectivity index (χ0) is 20.7. The Labute approximate surface area is 152 Å². The van der Waals surface area contributed by atoms with E-state index in [1.807, 2.05) is 5.43 Å². The zero-order valence-corrected chi connectivity index (χ0v) is 13.6. The van der Waals surface area contributed by atoms with Crippen molar-refractivity contribution >= 4 is 16.8 Å². The summed E-state index contributed by atoms with van der Waals surface area (Å²) in [7, 11) is 0. The third-order valence-electron chi connectivity index (χ3n) is 3.74. The van der Waals surface area contributed by atoms with Crippen molar-refractivity contribution in [1.29, 1.82) is 0 Å². The van der Waals surface area contributed by atoms with E-state index in [-0.39, 0.29) is 23.6 Å². The average Bonchev–Trinajstić information content (AvgIpc) is 2.62. The van der Waals surface area contributed by atoms with Crippen molar-refractivity contribution in [3.8, 4) is 0 Å². The summed E-state index contributed by atoms with van der Waals surface area (Å²) in [5, 5.41) is 0.102. The van der Waals surface area contributed by atoms with Gasteiger partial charge in [-0.2, -0.15) is 26.3 Å². The van der Waals surface area contributed by atoms with Gasteiger partial charge in [-0.25, -0.2) is 9.66 Å². The highest BCUT2D eigenvalue weighted by Gasteiger charge is 2.37. The topological polar surface area (TPSA) is 64.0 Å². The second kappa shape index (κ2) is 6.66. The van der Waals surface area contributed by atoms with Crippen LogP contribution in [0.2, 0.25) is 0 Å². The van der Waals surface area contributed by atoms with E-state index in [1.165, 1.54) is 18.2 Å². The summed E-state index contributed by atoms with van der Waals surface area (Å²) < 4.78 is 78.0. The van der Waals surface area contributed by atoms with Gasteiger partial charge in [-0.05, 0) is 30.3 Å². The van der Waals surface area contributed by atoms with Crippen LogP contribution >= 0.6 is 0 Å². The molecule has 5 nitrogen and oxygen atoms in total. The average molecular weight is 401 g/mol. The fourth-order valence-electron chi connectivity index (χ4n) is 2.41. The van der Waals surface area contributed by atoms with Gasteiger partial charge in [0.1, 0.15) is 6.33 Å². The van der Waals surface area contributed by atoms with Gasteiger partial charge in [0, 0.05) is 5.56 Å². The third-order valence-corrected chi connectivity index (χ3v) is 3.74. The van der Waals surface area contributed by atoms with Crippen LogP contribution in [0.25, 0.3) is 10.9 Å². The van der Waals surface area contributed by atoms with Crippen LogP contribution in [-0.4, -0.2) is 15.6 Å². The van der Waals surface area contributed by atoms with Gasteiger partial charge in [-0.1, -0.05) is 12.1 Å². The Hall–Kier alpha value is -3.37. The number of nitrogens with zero attached hydrogens (tertiary/aromatic N) is 2. The molecule has 0 fully saturated rings. The van der Waals surface area contributed by atoms with Crippen LogP contribution in [0, 0.1) is 0 Å². The molecule has 28 heavy (non-hydrogen) atoms. The molecule has 1 N–H and O–H groups in total. The Morgan fingerprint density at radius 2 is 1.50 bits per heavy atom. The summed E-state index contributed by atoms with van der Waals surface area (Å²) in [6.07, 6.45) is -9.30. The van der Waals surface area contributed by atoms with Crippen molar-refractivity contribution in [2.24, 2.45) is 0 Å². The van der Waals surface area contributed by atoms with Crippen LogP contribution in [0.3, 0.4) is 0 Å². The molecule has 2 aromatic carbocycles. The normalized spacial score (nSPS) is 12.2. The second-order valence-electron chi connectivity index (χ2n) is 5.67. The Kier molecular flexibility index (Phi) is 4.61. The molecule has 0 aliphatic carbocycles. The molecule has 0 saturated heterocycles. The molecule has 1 heterocycles. The molecule has 0 aliphatic rings. The van der Waals surface area contributed by atoms with Crippen LogP contribution in [-0.2, 0) is 12.4 Å². The van der Waals surface area contributed by atoms with Crippen LogP contribution in [0.4, 0.5) is 26.3 Å². The molecule has 0 aliphatic heterocycles. The van der Waals surface area contributed by atoms with E-state index in [1.54, 1.807) is 6.07 Å². The molecule has 3 rings (SSSR count). The van der Waals surface area contributed by atoms with Gasteiger partial charge in [-0.15, -0.1) is 0 Å². The highest BCUT2D eigenvalue weighted by atomic mass is 19.4. The number of benzene rings is 2. The number of fused-ring (bicyclic) bond motifs is 1. The molecule has 1 aromatic heterocycles. The molecular weight excluding hydrogens is 392 g/mol. The lowest BCUT2D eigenvalue weighted by atomic mass is 10.0. The third kappa shape index (κ3) is 3.82. The van der Waals surface area contributed by atoms with Crippen molar-refractivity contribution in [3.63, 3.8) is 0 Å². The van der Waals surface area contributed by atoms with E-state index in [0.29, 0.717) is 10.2 Å². The number of nitrogens with one attached hydrogen (secondary N) is 1. The summed E-state index contributed by atoms with van der Waals surface area (Å²) >= 11 is 0. The molecule has 0 unspecified atom stereocenters. The van der Waals surface area contributed by atoms with Crippen molar-refractivity contribution in [2.45, 2.75) is 12.4 Å². The minimum atomic E-state index is -5.10. The maximum Gasteiger partial charge on any atom is 0.416 e. The fraction of sp³-hybridized carbons (Fsp3) is 0.118. The van der Waals surface area contributed by atoms with Gasteiger partial charge in [0.15, 0.2) is 0 Å². The Morgan fingerprint density at radius 3 is 2.07 bits per heavy atom. The highest BCUT2D eigenvalue weighted by molar-refractivity contribution is 6.00. The Morgan fingerprint density at radius 1 is 0.929 bits per heavy atom. The fourth-order valence-corrected chi connectivity index (χ4v) is 2.41. The molecule has 3 aromatic rings. The van der Waals surface area contributed by atoms with Gasteiger partial charge in [0.2, 0.25) is 0 Å². The van der Waals surface area contributed by atoms with E-state index in [0.717, 1.165) is 6.33 Å². The number of carbonyl (C=O) groups is 1. The predicted octanol–water partition coefficient (Wildman–Crippen LogP) is 3.82. The number of alkyl halides is 6. The molecule has 0 atom stereocenters. The Balaban J connectivity index is 2.03. The first-order chi connectivity index (χ1) is 13.0. The largest absolute Gasteiger partial charge is 0.416 e. The quantitative estimate of drug-likeness (QED) is 0.665. The first kappa shape index (κ1) is 19.4. The lowest BCUT2D eigenvalue weighted by Crippen LogP contribution is -2.33. The number of aromatic nitrogens is 2. The molecule has 11 heteroatoms. The number of amides is 1.